The van der Waals surface area contributed by atoms with Crippen LogP contribution in [0.15, 0.2) is 40.9 Å². The number of rotatable bonds is 5. The van der Waals surface area contributed by atoms with Crippen molar-refractivity contribution < 1.29 is 9.13 Å². The van der Waals surface area contributed by atoms with E-state index in [2.05, 4.69) is 21.2 Å². The van der Waals surface area contributed by atoms with Gasteiger partial charge in [-0.3, -0.25) is 0 Å². The van der Waals surface area contributed by atoms with Gasteiger partial charge in [-0.1, -0.05) is 24.6 Å². The van der Waals surface area contributed by atoms with Gasteiger partial charge < -0.3 is 10.1 Å². The molecular weight excluding hydrogens is 357 g/mol. The molecule has 0 fully saturated rings. The first kappa shape index (κ1) is 16.3. The number of hydrogen-bond acceptors (Lipinski definition) is 2. The number of halogens is 3. The molecule has 1 N–H and O–H groups in total. The summed E-state index contributed by atoms with van der Waals surface area (Å²) >= 11 is 9.34. The molecule has 0 radical (unpaired) electrons. The van der Waals surface area contributed by atoms with Crippen LogP contribution in [-0.4, -0.2) is 13.7 Å². The maximum Gasteiger partial charge on any atom is 0.137 e. The topological polar surface area (TPSA) is 21.3 Å². The zero-order chi connectivity index (χ0) is 15.4. The van der Waals surface area contributed by atoms with Gasteiger partial charge in [-0.25, -0.2) is 4.39 Å². The summed E-state index contributed by atoms with van der Waals surface area (Å²) in [5.74, 6) is 0.456. The number of ether oxygens (including phenoxy) is 1. The number of methoxy groups -OCH3 is 1. The Kier molecular flexibility index (Phi) is 5.62. The van der Waals surface area contributed by atoms with Crippen LogP contribution in [0.5, 0.6) is 5.75 Å². The fourth-order valence-corrected chi connectivity index (χ4v) is 2.81. The minimum absolute atomic E-state index is 0.124. The fourth-order valence-electron chi connectivity index (χ4n) is 2.23. The van der Waals surface area contributed by atoms with Crippen molar-refractivity contribution >= 4 is 27.5 Å². The van der Waals surface area contributed by atoms with Crippen LogP contribution in [0.1, 0.15) is 24.1 Å². The Bertz CT molecular complexity index is 636. The fraction of sp³-hybridized carbons (Fsp3) is 0.250. The first-order valence-corrected chi connectivity index (χ1v) is 7.75. The normalized spacial score (nSPS) is 12.2. The molecule has 0 bridgehead atoms. The lowest BCUT2D eigenvalue weighted by Crippen LogP contribution is -2.22. The van der Waals surface area contributed by atoms with E-state index >= 15 is 0 Å². The largest absolute Gasteiger partial charge is 0.496 e. The molecule has 0 aromatic heterocycles. The molecule has 0 saturated carbocycles. The monoisotopic (exact) mass is 371 g/mol. The maximum absolute atomic E-state index is 13.4. The van der Waals surface area contributed by atoms with E-state index in [-0.39, 0.29) is 11.9 Å². The molecule has 1 unspecified atom stereocenters. The molecule has 21 heavy (non-hydrogen) atoms. The third-order valence-electron chi connectivity index (χ3n) is 3.19. The Morgan fingerprint density at radius 3 is 2.67 bits per heavy atom. The van der Waals surface area contributed by atoms with Crippen LogP contribution in [0.2, 0.25) is 5.02 Å². The van der Waals surface area contributed by atoms with Crippen LogP contribution < -0.4 is 10.1 Å². The molecule has 0 saturated heterocycles. The second-order valence-corrected chi connectivity index (χ2v) is 5.84. The minimum atomic E-state index is -0.285. The van der Waals surface area contributed by atoms with Crippen LogP contribution in [0.3, 0.4) is 0 Å². The Balaban J connectivity index is 2.52. The Hall–Kier alpha value is -1.10. The lowest BCUT2D eigenvalue weighted by molar-refractivity contribution is 0.404. The van der Waals surface area contributed by atoms with Crippen LogP contribution in [0.4, 0.5) is 4.39 Å². The number of hydrogen-bond donors (Lipinski definition) is 1. The maximum atomic E-state index is 13.4. The highest BCUT2D eigenvalue weighted by Gasteiger charge is 2.19. The molecule has 5 heteroatoms. The summed E-state index contributed by atoms with van der Waals surface area (Å²) in [4.78, 5) is 0. The average Bonchev–Trinajstić information content (AvgIpc) is 2.48. The Labute approximate surface area is 137 Å². The van der Waals surface area contributed by atoms with E-state index < -0.39 is 0 Å². The molecule has 0 spiro atoms. The van der Waals surface area contributed by atoms with Gasteiger partial charge >= 0.3 is 0 Å². The van der Waals surface area contributed by atoms with Gasteiger partial charge in [0, 0.05) is 10.6 Å². The van der Waals surface area contributed by atoms with Crippen molar-refractivity contribution in [3.8, 4) is 5.75 Å². The lowest BCUT2D eigenvalue weighted by Gasteiger charge is -2.22. The zero-order valence-electron chi connectivity index (χ0n) is 11.8. The van der Waals surface area contributed by atoms with Crippen molar-refractivity contribution in [1.29, 1.82) is 0 Å². The van der Waals surface area contributed by atoms with Gasteiger partial charge in [0.15, 0.2) is 0 Å². The van der Waals surface area contributed by atoms with E-state index in [9.17, 15) is 4.39 Å². The molecule has 0 aliphatic heterocycles. The molecule has 0 amide bonds. The second-order valence-electron chi connectivity index (χ2n) is 4.55. The average molecular weight is 373 g/mol. The van der Waals surface area contributed by atoms with Crippen molar-refractivity contribution in [3.63, 3.8) is 0 Å². The molecular formula is C16H16BrClFNO. The molecule has 0 aliphatic carbocycles. The second kappa shape index (κ2) is 7.25. The van der Waals surface area contributed by atoms with E-state index in [0.29, 0.717) is 9.50 Å². The van der Waals surface area contributed by atoms with Gasteiger partial charge in [0.25, 0.3) is 0 Å². The lowest BCUT2D eigenvalue weighted by atomic mass is 9.97. The highest BCUT2D eigenvalue weighted by molar-refractivity contribution is 9.10. The molecule has 2 rings (SSSR count). The van der Waals surface area contributed by atoms with Crippen LogP contribution >= 0.6 is 27.5 Å². The standard InChI is InChI=1S/C16H16BrClFNO/c1-3-20-16(10-4-6-14(19)13(17)8-10)12-9-11(18)5-7-15(12)21-2/h4-9,16,20H,3H2,1-2H3. The van der Waals surface area contributed by atoms with Gasteiger partial charge in [0.2, 0.25) is 0 Å². The SMILES string of the molecule is CCNC(c1ccc(F)c(Br)c1)c1cc(Cl)ccc1OC. The quantitative estimate of drug-likeness (QED) is 0.802. The molecule has 1 atom stereocenters. The molecule has 0 heterocycles. The van der Waals surface area contributed by atoms with Crippen LogP contribution in [-0.2, 0) is 0 Å². The minimum Gasteiger partial charge on any atom is -0.496 e. The summed E-state index contributed by atoms with van der Waals surface area (Å²) in [7, 11) is 1.62. The summed E-state index contributed by atoms with van der Waals surface area (Å²) < 4.78 is 19.3. The van der Waals surface area contributed by atoms with Crippen molar-refractivity contribution in [2.45, 2.75) is 13.0 Å². The summed E-state index contributed by atoms with van der Waals surface area (Å²) in [6.07, 6.45) is 0. The van der Waals surface area contributed by atoms with E-state index in [0.717, 1.165) is 23.4 Å². The summed E-state index contributed by atoms with van der Waals surface area (Å²) in [5, 5.41) is 4.02. The molecule has 112 valence electrons. The highest BCUT2D eigenvalue weighted by atomic mass is 79.9. The van der Waals surface area contributed by atoms with Gasteiger partial charge in [-0.15, -0.1) is 0 Å². The molecule has 2 aromatic rings. The predicted molar refractivity (Wildman–Crippen MR) is 87.6 cm³/mol. The molecule has 2 nitrogen and oxygen atoms in total. The summed E-state index contributed by atoms with van der Waals surface area (Å²) in [6.45, 7) is 2.78. The number of benzene rings is 2. The van der Waals surface area contributed by atoms with E-state index in [4.69, 9.17) is 16.3 Å². The zero-order valence-corrected chi connectivity index (χ0v) is 14.1. The summed E-state index contributed by atoms with van der Waals surface area (Å²) in [5.41, 5.74) is 1.86. The van der Waals surface area contributed by atoms with Crippen molar-refractivity contribution in [3.05, 3.63) is 62.8 Å². The molecule has 0 aliphatic rings. The third-order valence-corrected chi connectivity index (χ3v) is 4.03. The van der Waals surface area contributed by atoms with Crippen molar-refractivity contribution in [2.75, 3.05) is 13.7 Å². The number of nitrogens with one attached hydrogen (secondary N) is 1. The van der Waals surface area contributed by atoms with E-state index in [1.807, 2.05) is 19.1 Å². The van der Waals surface area contributed by atoms with Gasteiger partial charge in [-0.05, 0) is 58.4 Å². The van der Waals surface area contributed by atoms with Gasteiger partial charge in [0.1, 0.15) is 11.6 Å². The Morgan fingerprint density at radius 1 is 1.29 bits per heavy atom. The van der Waals surface area contributed by atoms with Gasteiger partial charge in [-0.2, -0.15) is 0 Å². The first-order valence-electron chi connectivity index (χ1n) is 6.58. The summed E-state index contributed by atoms with van der Waals surface area (Å²) in [6, 6.07) is 10.3. The Morgan fingerprint density at radius 2 is 2.05 bits per heavy atom. The predicted octanol–water partition coefficient (Wildman–Crippen LogP) is 4.95. The van der Waals surface area contributed by atoms with Gasteiger partial charge in [0.05, 0.1) is 17.6 Å². The smallest absolute Gasteiger partial charge is 0.137 e. The highest BCUT2D eigenvalue weighted by Crippen LogP contribution is 2.33. The van der Waals surface area contributed by atoms with E-state index in [1.165, 1.54) is 6.07 Å². The molecule has 2 aromatic carbocycles. The van der Waals surface area contributed by atoms with E-state index in [1.54, 1.807) is 25.3 Å². The van der Waals surface area contributed by atoms with Crippen LogP contribution in [0.25, 0.3) is 0 Å². The van der Waals surface area contributed by atoms with Crippen LogP contribution in [0, 0.1) is 5.82 Å². The third kappa shape index (κ3) is 3.76. The first-order chi connectivity index (χ1) is 10.1. The van der Waals surface area contributed by atoms with Crippen molar-refractivity contribution in [2.24, 2.45) is 0 Å². The van der Waals surface area contributed by atoms with Crippen molar-refractivity contribution in [1.82, 2.24) is 5.32 Å².